The lowest BCUT2D eigenvalue weighted by Crippen LogP contribution is -2.42. The number of fused-ring (bicyclic) bond motifs is 1. The molecule has 0 aliphatic rings. The average Bonchev–Trinajstić information content (AvgIpc) is 3.11. The van der Waals surface area contributed by atoms with Gasteiger partial charge >= 0.3 is 6.18 Å². The molecule has 0 fully saturated rings. The van der Waals surface area contributed by atoms with Crippen LogP contribution < -0.4 is 4.90 Å². The summed E-state index contributed by atoms with van der Waals surface area (Å²) in [6.45, 7) is 11.0. The van der Waals surface area contributed by atoms with Crippen molar-refractivity contribution in [3.05, 3.63) is 39.3 Å². The third-order valence-electron chi connectivity index (χ3n) is 6.00. The van der Waals surface area contributed by atoms with Crippen LogP contribution in [0.3, 0.4) is 0 Å². The van der Waals surface area contributed by atoms with Gasteiger partial charge in [-0.2, -0.15) is 32.8 Å². The van der Waals surface area contributed by atoms with Gasteiger partial charge < -0.3 is 4.90 Å². The maximum absolute atomic E-state index is 13.6. The number of alkyl halides is 3. The minimum Gasteiger partial charge on any atom is -0.347 e. The van der Waals surface area contributed by atoms with Gasteiger partial charge in [-0.3, -0.25) is 0 Å². The molecular formula is C20H23ClF3N5. The molecule has 5 nitrogen and oxygen atoms in total. The molecule has 0 radical (unpaired) electrons. The fourth-order valence-electron chi connectivity index (χ4n) is 3.62. The second-order valence-corrected chi connectivity index (χ2v) is 7.76. The topological polar surface area (TPSA) is 46.3 Å². The Hall–Kier alpha value is -2.35. The molecule has 3 aromatic rings. The molecule has 2 aromatic heterocycles. The van der Waals surface area contributed by atoms with Crippen LogP contribution >= 0.6 is 11.6 Å². The Morgan fingerprint density at radius 3 is 2.00 bits per heavy atom. The van der Waals surface area contributed by atoms with Crippen LogP contribution in [-0.2, 0) is 0 Å². The molecule has 0 N–H and O–H groups in total. The Bertz CT molecular complexity index is 1070. The van der Waals surface area contributed by atoms with Crippen molar-refractivity contribution < 1.29 is 13.2 Å². The summed E-state index contributed by atoms with van der Waals surface area (Å²) in [6.07, 6.45) is -3.18. The van der Waals surface area contributed by atoms with Crippen molar-refractivity contribution in [2.24, 2.45) is 0 Å². The molecule has 1 atom stereocenters. The van der Waals surface area contributed by atoms with Gasteiger partial charge in [0.2, 0.25) is 0 Å². The number of hydrogen-bond acceptors (Lipinski definition) is 4. The molecule has 0 spiro atoms. The zero-order chi connectivity index (χ0) is 21.8. The molecule has 0 amide bonds. The van der Waals surface area contributed by atoms with Crippen LogP contribution in [0.2, 0.25) is 5.15 Å². The van der Waals surface area contributed by atoms with Gasteiger partial charge in [-0.05, 0) is 74.9 Å². The zero-order valence-corrected chi connectivity index (χ0v) is 18.2. The third kappa shape index (κ3) is 3.33. The standard InChI is InChI=1S/C20H23ClF3N5/c1-9-10(2)12(4)15(13(5)11(9)3)16-17(21)27-19-25-8-26-29(19)18(16)28(7)14(6)20(22,23)24/h8,14H,1-7H3. The normalized spacial score (nSPS) is 13.2. The summed E-state index contributed by atoms with van der Waals surface area (Å²) in [5.41, 5.74) is 6.37. The Balaban J connectivity index is 2.46. The summed E-state index contributed by atoms with van der Waals surface area (Å²) >= 11 is 6.55. The first-order chi connectivity index (χ1) is 13.4. The van der Waals surface area contributed by atoms with E-state index < -0.39 is 12.2 Å². The molecule has 0 saturated carbocycles. The van der Waals surface area contributed by atoms with E-state index in [0.717, 1.165) is 45.2 Å². The minimum absolute atomic E-state index is 0.0931. The summed E-state index contributed by atoms with van der Waals surface area (Å²) in [4.78, 5) is 9.44. The van der Waals surface area contributed by atoms with E-state index >= 15 is 0 Å². The summed E-state index contributed by atoms with van der Waals surface area (Å²) in [5.74, 6) is 0.349. The first-order valence-corrected chi connectivity index (χ1v) is 9.51. The molecule has 3 rings (SSSR count). The van der Waals surface area contributed by atoms with E-state index in [1.54, 1.807) is 0 Å². The van der Waals surface area contributed by atoms with E-state index in [9.17, 15) is 13.2 Å². The number of anilines is 1. The highest BCUT2D eigenvalue weighted by Crippen LogP contribution is 2.43. The third-order valence-corrected chi connectivity index (χ3v) is 6.27. The first kappa shape index (κ1) is 21.4. The molecule has 0 saturated heterocycles. The van der Waals surface area contributed by atoms with Crippen molar-refractivity contribution in [1.29, 1.82) is 0 Å². The van der Waals surface area contributed by atoms with Crippen LogP contribution in [0.4, 0.5) is 19.0 Å². The average molecular weight is 426 g/mol. The summed E-state index contributed by atoms with van der Waals surface area (Å²) in [5, 5.41) is 4.22. The van der Waals surface area contributed by atoms with Gasteiger partial charge in [0.15, 0.2) is 0 Å². The maximum atomic E-state index is 13.6. The van der Waals surface area contributed by atoms with Crippen molar-refractivity contribution in [3.63, 3.8) is 0 Å². The Labute approximate surface area is 172 Å². The van der Waals surface area contributed by atoms with E-state index in [1.165, 1.54) is 17.9 Å². The SMILES string of the molecule is Cc1c(C)c(C)c(-c2c(Cl)nc3ncnn3c2N(C)C(C)C(F)(F)F)c(C)c1C. The molecule has 0 bridgehead atoms. The number of halogens is 4. The summed E-state index contributed by atoms with van der Waals surface area (Å²) < 4.78 is 42.0. The van der Waals surface area contributed by atoms with Crippen LogP contribution in [0.5, 0.6) is 0 Å². The molecule has 2 heterocycles. The molecular weight excluding hydrogens is 403 g/mol. The minimum atomic E-state index is -4.43. The first-order valence-electron chi connectivity index (χ1n) is 9.14. The molecule has 156 valence electrons. The van der Waals surface area contributed by atoms with Gasteiger partial charge in [-0.15, -0.1) is 0 Å². The Kier molecular flexibility index (Phi) is 5.28. The maximum Gasteiger partial charge on any atom is 0.408 e. The summed E-state index contributed by atoms with van der Waals surface area (Å²) in [6, 6.07) is -1.76. The predicted molar refractivity (Wildman–Crippen MR) is 109 cm³/mol. The van der Waals surface area contributed by atoms with Crippen LogP contribution in [-0.4, -0.2) is 38.8 Å². The van der Waals surface area contributed by atoms with Crippen molar-refractivity contribution in [1.82, 2.24) is 19.6 Å². The molecule has 1 aromatic carbocycles. The second-order valence-electron chi connectivity index (χ2n) is 7.40. The number of aromatic nitrogens is 4. The van der Waals surface area contributed by atoms with Crippen molar-refractivity contribution in [3.8, 4) is 11.1 Å². The van der Waals surface area contributed by atoms with Gasteiger partial charge in [-0.25, -0.2) is 0 Å². The van der Waals surface area contributed by atoms with E-state index in [0.29, 0.717) is 5.56 Å². The quantitative estimate of drug-likeness (QED) is 0.529. The lowest BCUT2D eigenvalue weighted by molar-refractivity contribution is -0.144. The van der Waals surface area contributed by atoms with Crippen LogP contribution in [0.25, 0.3) is 16.9 Å². The van der Waals surface area contributed by atoms with Crippen LogP contribution in [0.1, 0.15) is 34.7 Å². The van der Waals surface area contributed by atoms with Gasteiger partial charge in [-0.1, -0.05) is 11.6 Å². The highest BCUT2D eigenvalue weighted by Gasteiger charge is 2.41. The highest BCUT2D eigenvalue weighted by atomic mass is 35.5. The lowest BCUT2D eigenvalue weighted by atomic mass is 9.86. The van der Waals surface area contributed by atoms with E-state index in [-0.39, 0.29) is 16.7 Å². The molecule has 0 aliphatic heterocycles. The molecule has 29 heavy (non-hydrogen) atoms. The van der Waals surface area contributed by atoms with Crippen molar-refractivity contribution >= 4 is 23.2 Å². The summed E-state index contributed by atoms with van der Waals surface area (Å²) in [7, 11) is 1.38. The van der Waals surface area contributed by atoms with Gasteiger partial charge in [0.25, 0.3) is 5.78 Å². The van der Waals surface area contributed by atoms with Gasteiger partial charge in [0.1, 0.15) is 23.3 Å². The van der Waals surface area contributed by atoms with Crippen LogP contribution in [0, 0.1) is 34.6 Å². The Morgan fingerprint density at radius 1 is 0.966 bits per heavy atom. The fraction of sp³-hybridized carbons (Fsp3) is 0.450. The van der Waals surface area contributed by atoms with E-state index in [4.69, 9.17) is 11.6 Å². The second kappa shape index (κ2) is 7.16. The lowest BCUT2D eigenvalue weighted by Gasteiger charge is -2.31. The monoisotopic (exact) mass is 425 g/mol. The van der Waals surface area contributed by atoms with E-state index in [1.807, 2.05) is 34.6 Å². The number of rotatable bonds is 3. The Morgan fingerprint density at radius 2 is 1.48 bits per heavy atom. The molecule has 1 unspecified atom stereocenters. The molecule has 0 aliphatic carbocycles. The van der Waals surface area contributed by atoms with Crippen molar-refractivity contribution in [2.45, 2.75) is 53.8 Å². The van der Waals surface area contributed by atoms with E-state index in [2.05, 4.69) is 15.1 Å². The van der Waals surface area contributed by atoms with Gasteiger partial charge in [0, 0.05) is 7.05 Å². The van der Waals surface area contributed by atoms with Crippen LogP contribution in [0.15, 0.2) is 6.33 Å². The number of benzene rings is 1. The van der Waals surface area contributed by atoms with Gasteiger partial charge in [0.05, 0.1) is 5.56 Å². The predicted octanol–water partition coefficient (Wildman–Crippen LogP) is 5.37. The largest absolute Gasteiger partial charge is 0.408 e. The number of nitrogens with zero attached hydrogens (tertiary/aromatic N) is 5. The fourth-order valence-corrected chi connectivity index (χ4v) is 3.88. The molecule has 9 heteroatoms. The zero-order valence-electron chi connectivity index (χ0n) is 17.4. The smallest absolute Gasteiger partial charge is 0.347 e. The van der Waals surface area contributed by atoms with Crippen molar-refractivity contribution in [2.75, 3.05) is 11.9 Å². The number of hydrogen-bond donors (Lipinski definition) is 0. The highest BCUT2D eigenvalue weighted by molar-refractivity contribution is 6.33.